The third-order valence-electron chi connectivity index (χ3n) is 3.55. The minimum atomic E-state index is -0.158. The Labute approximate surface area is 138 Å². The fourth-order valence-electron chi connectivity index (χ4n) is 3.20. The predicted octanol–water partition coefficient (Wildman–Crippen LogP) is 4.25. The van der Waals surface area contributed by atoms with Gasteiger partial charge in [0.25, 0.3) is 0 Å². The highest BCUT2D eigenvalue weighted by Crippen LogP contribution is 2.27. The van der Waals surface area contributed by atoms with Crippen LogP contribution in [-0.2, 0) is 4.79 Å². The molecule has 128 valence electrons. The van der Waals surface area contributed by atoms with Crippen molar-refractivity contribution in [1.82, 2.24) is 10.2 Å². The molecule has 3 nitrogen and oxygen atoms in total. The fraction of sp³-hybridized carbons (Fsp3) is 0.941. The van der Waals surface area contributed by atoms with E-state index in [1.165, 1.54) is 0 Å². The van der Waals surface area contributed by atoms with E-state index in [9.17, 15) is 4.79 Å². The average molecular weight is 321 g/mol. The molecule has 1 atom stereocenters. The summed E-state index contributed by atoms with van der Waals surface area (Å²) in [5.41, 5.74) is 0.0563. The number of rotatable bonds is 8. The van der Waals surface area contributed by atoms with Gasteiger partial charge in [-0.15, -0.1) is 12.4 Å². The Balaban J connectivity index is 0. The summed E-state index contributed by atoms with van der Waals surface area (Å²) in [7, 11) is 0. The molecule has 0 rings (SSSR count). The van der Waals surface area contributed by atoms with E-state index < -0.39 is 0 Å². The summed E-state index contributed by atoms with van der Waals surface area (Å²) in [4.78, 5) is 14.9. The van der Waals surface area contributed by atoms with Gasteiger partial charge < -0.3 is 5.32 Å². The van der Waals surface area contributed by atoms with Crippen LogP contribution in [0.4, 0.5) is 0 Å². The van der Waals surface area contributed by atoms with Crippen LogP contribution in [0.3, 0.4) is 0 Å². The summed E-state index contributed by atoms with van der Waals surface area (Å²) in [6.07, 6.45) is 2.94. The van der Waals surface area contributed by atoms with Gasteiger partial charge in [0.15, 0.2) is 0 Å². The van der Waals surface area contributed by atoms with Gasteiger partial charge in [-0.1, -0.05) is 48.0 Å². The fourth-order valence-corrected chi connectivity index (χ4v) is 3.20. The normalized spacial score (nSPS) is 13.8. The molecule has 1 amide bonds. The monoisotopic (exact) mass is 320 g/mol. The van der Waals surface area contributed by atoms with Crippen molar-refractivity contribution in [2.75, 3.05) is 13.1 Å². The number of hydrogen-bond donors (Lipinski definition) is 1. The number of likely N-dealkylation sites (N-methyl/N-ethyl adjacent to an activating group) is 1. The van der Waals surface area contributed by atoms with Crippen molar-refractivity contribution in [3.8, 4) is 0 Å². The van der Waals surface area contributed by atoms with E-state index in [1.807, 2.05) is 0 Å². The lowest BCUT2D eigenvalue weighted by atomic mass is 9.81. The quantitative estimate of drug-likeness (QED) is 0.725. The van der Waals surface area contributed by atoms with Crippen LogP contribution in [0.2, 0.25) is 0 Å². The molecule has 0 aromatic heterocycles. The summed E-state index contributed by atoms with van der Waals surface area (Å²) in [5.74, 6) is 0.185. The smallest absolute Gasteiger partial charge is 0.237 e. The van der Waals surface area contributed by atoms with Gasteiger partial charge >= 0.3 is 0 Å². The number of hydrogen-bond acceptors (Lipinski definition) is 2. The van der Waals surface area contributed by atoms with Crippen LogP contribution in [0.15, 0.2) is 0 Å². The lowest BCUT2D eigenvalue weighted by Crippen LogP contribution is -2.54. The first kappa shape index (κ1) is 23.0. The van der Waals surface area contributed by atoms with Crippen LogP contribution in [0.25, 0.3) is 0 Å². The minimum absolute atomic E-state index is 0. The highest BCUT2D eigenvalue weighted by Gasteiger charge is 2.31. The van der Waals surface area contributed by atoms with E-state index in [2.05, 4.69) is 65.6 Å². The zero-order valence-electron chi connectivity index (χ0n) is 15.4. The molecule has 4 heteroatoms. The molecule has 0 aromatic carbocycles. The van der Waals surface area contributed by atoms with Gasteiger partial charge in [-0.2, -0.15) is 0 Å². The largest absolute Gasteiger partial charge is 0.350 e. The minimum Gasteiger partial charge on any atom is -0.350 e. The summed E-state index contributed by atoms with van der Waals surface area (Å²) < 4.78 is 0. The van der Waals surface area contributed by atoms with E-state index in [1.54, 1.807) is 0 Å². The molecular formula is C17H37ClN2O. The van der Waals surface area contributed by atoms with Crippen molar-refractivity contribution >= 4 is 18.3 Å². The van der Waals surface area contributed by atoms with Gasteiger partial charge in [0.1, 0.15) is 0 Å². The molecule has 0 aliphatic carbocycles. The summed E-state index contributed by atoms with van der Waals surface area (Å²) in [6.45, 7) is 19.1. The van der Waals surface area contributed by atoms with Crippen molar-refractivity contribution in [3.63, 3.8) is 0 Å². The van der Waals surface area contributed by atoms with Crippen molar-refractivity contribution in [1.29, 1.82) is 0 Å². The first-order valence-electron chi connectivity index (χ1n) is 8.12. The van der Waals surface area contributed by atoms with Gasteiger partial charge in [0, 0.05) is 5.54 Å². The maximum atomic E-state index is 12.6. The standard InChI is InChI=1S/C17H36N2O.ClH/c1-9-12-14(19(10-2)11-3)15(20)18-17(7,8)13-16(4,5)6;/h14H,9-13H2,1-8H3,(H,18,20);1H. The van der Waals surface area contributed by atoms with Gasteiger partial charge in [0.2, 0.25) is 5.91 Å². The molecule has 0 aliphatic heterocycles. The van der Waals surface area contributed by atoms with E-state index >= 15 is 0 Å². The Morgan fingerprint density at radius 1 is 1.05 bits per heavy atom. The Kier molecular flexibility index (Phi) is 10.6. The van der Waals surface area contributed by atoms with Crippen molar-refractivity contribution < 1.29 is 4.79 Å². The predicted molar refractivity (Wildman–Crippen MR) is 95.2 cm³/mol. The molecule has 0 bridgehead atoms. The molecule has 1 N–H and O–H groups in total. The Bertz CT molecular complexity index is 294. The van der Waals surface area contributed by atoms with Gasteiger partial charge in [0.05, 0.1) is 6.04 Å². The molecule has 0 radical (unpaired) electrons. The Morgan fingerprint density at radius 2 is 1.52 bits per heavy atom. The van der Waals surface area contributed by atoms with Crippen LogP contribution in [0.1, 0.15) is 74.7 Å². The van der Waals surface area contributed by atoms with E-state index in [-0.39, 0.29) is 35.3 Å². The van der Waals surface area contributed by atoms with E-state index in [0.29, 0.717) is 0 Å². The molecule has 0 saturated heterocycles. The number of carbonyl (C=O) groups excluding carboxylic acids is 1. The molecular weight excluding hydrogens is 284 g/mol. The summed E-state index contributed by atoms with van der Waals surface area (Å²) in [6, 6.07) is 0.00856. The lowest BCUT2D eigenvalue weighted by molar-refractivity contribution is -0.128. The van der Waals surface area contributed by atoms with Crippen LogP contribution in [0.5, 0.6) is 0 Å². The van der Waals surface area contributed by atoms with Crippen LogP contribution < -0.4 is 5.32 Å². The maximum Gasteiger partial charge on any atom is 0.237 e. The maximum absolute atomic E-state index is 12.6. The first-order chi connectivity index (χ1) is 9.06. The number of carbonyl (C=O) groups is 1. The molecule has 0 aromatic rings. The van der Waals surface area contributed by atoms with E-state index in [0.717, 1.165) is 32.4 Å². The Hall–Kier alpha value is -0.280. The van der Waals surface area contributed by atoms with Gasteiger partial charge in [-0.05, 0) is 45.2 Å². The molecule has 1 unspecified atom stereocenters. The summed E-state index contributed by atoms with van der Waals surface area (Å²) >= 11 is 0. The highest BCUT2D eigenvalue weighted by molar-refractivity contribution is 5.85. The molecule has 21 heavy (non-hydrogen) atoms. The molecule has 0 aliphatic rings. The van der Waals surface area contributed by atoms with Gasteiger partial charge in [-0.3, -0.25) is 9.69 Å². The van der Waals surface area contributed by atoms with Crippen LogP contribution >= 0.6 is 12.4 Å². The SMILES string of the molecule is CCCC(C(=O)NC(C)(C)CC(C)(C)C)N(CC)CC.Cl. The third-order valence-corrected chi connectivity index (χ3v) is 3.55. The molecule has 0 fully saturated rings. The lowest BCUT2D eigenvalue weighted by Gasteiger charge is -2.36. The topological polar surface area (TPSA) is 32.3 Å². The number of nitrogens with one attached hydrogen (secondary N) is 1. The zero-order chi connectivity index (χ0) is 16.0. The second-order valence-electron chi connectivity index (χ2n) is 7.64. The van der Waals surface area contributed by atoms with Crippen LogP contribution in [-0.4, -0.2) is 35.5 Å². The average Bonchev–Trinajstić information content (AvgIpc) is 2.25. The van der Waals surface area contributed by atoms with Crippen molar-refractivity contribution in [3.05, 3.63) is 0 Å². The van der Waals surface area contributed by atoms with Crippen LogP contribution in [0, 0.1) is 5.41 Å². The summed E-state index contributed by atoms with van der Waals surface area (Å²) in [5, 5.41) is 3.27. The highest BCUT2D eigenvalue weighted by atomic mass is 35.5. The van der Waals surface area contributed by atoms with E-state index in [4.69, 9.17) is 0 Å². The van der Waals surface area contributed by atoms with Crippen molar-refractivity contribution in [2.24, 2.45) is 5.41 Å². The number of amides is 1. The Morgan fingerprint density at radius 3 is 1.86 bits per heavy atom. The van der Waals surface area contributed by atoms with Gasteiger partial charge in [-0.25, -0.2) is 0 Å². The number of halogens is 1. The zero-order valence-corrected chi connectivity index (χ0v) is 16.2. The molecule has 0 heterocycles. The third kappa shape index (κ3) is 9.36. The number of nitrogens with zero attached hydrogens (tertiary/aromatic N) is 1. The second-order valence-corrected chi connectivity index (χ2v) is 7.64. The molecule has 0 saturated carbocycles. The first-order valence-corrected chi connectivity index (χ1v) is 8.12. The molecule has 0 spiro atoms. The van der Waals surface area contributed by atoms with Crippen molar-refractivity contribution in [2.45, 2.75) is 86.2 Å². The second kappa shape index (κ2) is 9.68.